The van der Waals surface area contributed by atoms with Gasteiger partial charge in [0, 0.05) is 17.5 Å². The summed E-state index contributed by atoms with van der Waals surface area (Å²) in [4.78, 5) is 5.90. The largest absolute Gasteiger partial charge is 0.493 e. The summed E-state index contributed by atoms with van der Waals surface area (Å²) in [5.74, 6) is 1.44. The molecule has 4 aromatic rings. The molecule has 0 bridgehead atoms. The van der Waals surface area contributed by atoms with Crippen LogP contribution in [0.15, 0.2) is 71.0 Å². The molecule has 0 N–H and O–H groups in total. The molecule has 0 saturated carbocycles. The maximum Gasteiger partial charge on any atom is 0.190 e. The highest BCUT2D eigenvalue weighted by Crippen LogP contribution is 2.30. The summed E-state index contributed by atoms with van der Waals surface area (Å²) in [6.07, 6.45) is 0.798. The van der Waals surface area contributed by atoms with E-state index in [1.54, 1.807) is 25.6 Å². The van der Waals surface area contributed by atoms with Crippen molar-refractivity contribution in [1.29, 1.82) is 0 Å². The van der Waals surface area contributed by atoms with E-state index < -0.39 is 0 Å². The molecule has 4 nitrogen and oxygen atoms in total. The Morgan fingerprint density at radius 3 is 2.42 bits per heavy atom. The van der Waals surface area contributed by atoms with Gasteiger partial charge in [-0.05, 0) is 54.8 Å². The van der Waals surface area contributed by atoms with E-state index in [2.05, 4.69) is 29.0 Å². The molecule has 0 aliphatic heterocycles. The van der Waals surface area contributed by atoms with E-state index in [1.165, 1.54) is 0 Å². The molecule has 0 amide bonds. The van der Waals surface area contributed by atoms with Crippen molar-refractivity contribution < 1.29 is 9.47 Å². The Morgan fingerprint density at radius 2 is 1.70 bits per heavy atom. The van der Waals surface area contributed by atoms with E-state index in [1.807, 2.05) is 48.5 Å². The molecule has 4 rings (SSSR count). The summed E-state index contributed by atoms with van der Waals surface area (Å²) in [7, 11) is 3.29. The van der Waals surface area contributed by atoms with Gasteiger partial charge in [-0.15, -0.1) is 11.3 Å². The number of aryl methyl sites for hydroxylation is 2. The van der Waals surface area contributed by atoms with Gasteiger partial charge in [0.15, 0.2) is 16.3 Å². The highest BCUT2D eigenvalue weighted by atomic mass is 35.5. The molecule has 1 aromatic heterocycles. The van der Waals surface area contributed by atoms with E-state index in [0.717, 1.165) is 57.3 Å². The first-order valence-corrected chi connectivity index (χ1v) is 12.1. The molecular formula is C26H24Cl2N2O2S. The molecule has 0 atom stereocenters. The molecule has 0 spiro atoms. The lowest BCUT2D eigenvalue weighted by molar-refractivity contribution is 0.354. The number of hydrogen-bond acceptors (Lipinski definition) is 4. The summed E-state index contributed by atoms with van der Waals surface area (Å²) in [6.45, 7) is 2.81. The summed E-state index contributed by atoms with van der Waals surface area (Å²) in [6, 6.07) is 19.9. The number of hydrogen-bond donors (Lipinski definition) is 0. The zero-order valence-electron chi connectivity index (χ0n) is 18.6. The van der Waals surface area contributed by atoms with Crippen LogP contribution in [0.5, 0.6) is 11.5 Å². The third-order valence-corrected chi connectivity index (χ3v) is 7.02. The van der Waals surface area contributed by atoms with Crippen molar-refractivity contribution in [2.75, 3.05) is 14.2 Å². The molecule has 0 saturated heterocycles. The molecule has 0 aliphatic carbocycles. The van der Waals surface area contributed by atoms with Crippen molar-refractivity contribution in [3.8, 4) is 22.8 Å². The van der Waals surface area contributed by atoms with Crippen molar-refractivity contribution in [2.45, 2.75) is 19.9 Å². The Kier molecular flexibility index (Phi) is 7.43. The zero-order valence-corrected chi connectivity index (χ0v) is 21.0. The van der Waals surface area contributed by atoms with Gasteiger partial charge in [-0.25, -0.2) is 4.99 Å². The van der Waals surface area contributed by atoms with Gasteiger partial charge in [0.05, 0.1) is 35.6 Å². The average Bonchev–Trinajstić information content (AvgIpc) is 3.23. The second kappa shape index (κ2) is 10.5. The third-order valence-electron chi connectivity index (χ3n) is 5.42. The summed E-state index contributed by atoms with van der Waals surface area (Å²) in [5, 5.41) is 3.19. The maximum atomic E-state index is 6.32. The van der Waals surface area contributed by atoms with Crippen LogP contribution in [0, 0.1) is 6.92 Å². The van der Waals surface area contributed by atoms with Gasteiger partial charge >= 0.3 is 0 Å². The summed E-state index contributed by atoms with van der Waals surface area (Å²) in [5.41, 5.74) is 5.28. The Hall–Kier alpha value is -2.73. The number of halogens is 2. The number of nitrogens with zero attached hydrogens (tertiary/aromatic N) is 2. The summed E-state index contributed by atoms with van der Waals surface area (Å²) < 4.78 is 13.1. The number of methoxy groups -OCH3 is 2. The van der Waals surface area contributed by atoms with Gasteiger partial charge in [0.25, 0.3) is 0 Å². The second-order valence-corrected chi connectivity index (χ2v) is 9.17. The van der Waals surface area contributed by atoms with Crippen LogP contribution in [-0.4, -0.2) is 18.8 Å². The molecule has 0 unspecified atom stereocenters. The van der Waals surface area contributed by atoms with Crippen LogP contribution < -0.4 is 14.3 Å². The van der Waals surface area contributed by atoms with E-state index in [9.17, 15) is 0 Å². The smallest absolute Gasteiger partial charge is 0.190 e. The molecule has 0 radical (unpaired) electrons. The molecule has 0 fully saturated rings. The Balaban J connectivity index is 1.76. The highest BCUT2D eigenvalue weighted by molar-refractivity contribution is 7.07. The lowest BCUT2D eigenvalue weighted by Crippen LogP contribution is -2.17. The van der Waals surface area contributed by atoms with E-state index in [0.29, 0.717) is 10.0 Å². The van der Waals surface area contributed by atoms with Gasteiger partial charge in [0.2, 0.25) is 0 Å². The Labute approximate surface area is 207 Å². The topological polar surface area (TPSA) is 35.8 Å². The highest BCUT2D eigenvalue weighted by Gasteiger charge is 2.12. The zero-order chi connectivity index (χ0) is 23.4. The maximum absolute atomic E-state index is 6.32. The monoisotopic (exact) mass is 498 g/mol. The van der Waals surface area contributed by atoms with Crippen LogP contribution in [0.4, 0.5) is 5.69 Å². The molecule has 3 aromatic carbocycles. The first-order valence-electron chi connectivity index (χ1n) is 10.4. The van der Waals surface area contributed by atoms with Crippen LogP contribution in [0.25, 0.3) is 11.3 Å². The third kappa shape index (κ3) is 5.27. The lowest BCUT2D eigenvalue weighted by Gasteiger charge is -2.12. The molecule has 170 valence electrons. The van der Waals surface area contributed by atoms with Gasteiger partial charge in [-0.1, -0.05) is 53.5 Å². The average molecular weight is 499 g/mol. The minimum absolute atomic E-state index is 0.532. The fourth-order valence-corrected chi connectivity index (χ4v) is 4.84. The number of rotatable bonds is 7. The molecular weight excluding hydrogens is 475 g/mol. The number of ether oxygens (including phenoxy) is 2. The van der Waals surface area contributed by atoms with Gasteiger partial charge in [-0.2, -0.15) is 0 Å². The van der Waals surface area contributed by atoms with Crippen molar-refractivity contribution in [1.82, 2.24) is 4.57 Å². The van der Waals surface area contributed by atoms with Crippen molar-refractivity contribution >= 4 is 40.2 Å². The van der Waals surface area contributed by atoms with Crippen LogP contribution >= 0.6 is 34.5 Å². The van der Waals surface area contributed by atoms with Crippen molar-refractivity contribution in [3.05, 3.63) is 92.0 Å². The predicted octanol–water partition coefficient (Wildman–Crippen LogP) is 7.32. The van der Waals surface area contributed by atoms with Crippen LogP contribution in [0.2, 0.25) is 10.0 Å². The number of benzene rings is 3. The Morgan fingerprint density at radius 1 is 0.909 bits per heavy atom. The van der Waals surface area contributed by atoms with E-state index >= 15 is 0 Å². The fourth-order valence-electron chi connectivity index (χ4n) is 3.59. The summed E-state index contributed by atoms with van der Waals surface area (Å²) >= 11 is 14.1. The first-order chi connectivity index (χ1) is 16.0. The molecule has 0 aliphatic rings. The second-order valence-electron chi connectivity index (χ2n) is 7.52. The number of thiazole rings is 1. The number of para-hydroxylation sites is 1. The predicted molar refractivity (Wildman–Crippen MR) is 137 cm³/mol. The minimum Gasteiger partial charge on any atom is -0.493 e. The SMILES string of the molecule is COc1ccc(CCn2c(-c3ccc(Cl)c(Cl)c3)csc2=Nc2ccccc2C)cc1OC. The molecule has 7 heteroatoms. The van der Waals surface area contributed by atoms with Gasteiger partial charge < -0.3 is 14.0 Å². The van der Waals surface area contributed by atoms with Crippen LogP contribution in [0.3, 0.4) is 0 Å². The minimum atomic E-state index is 0.532. The number of aromatic nitrogens is 1. The quantitative estimate of drug-likeness (QED) is 0.267. The van der Waals surface area contributed by atoms with Gasteiger partial charge in [-0.3, -0.25) is 0 Å². The Bertz CT molecular complexity index is 1340. The normalized spacial score (nSPS) is 11.6. The van der Waals surface area contributed by atoms with Crippen molar-refractivity contribution in [2.24, 2.45) is 4.99 Å². The van der Waals surface area contributed by atoms with Crippen LogP contribution in [-0.2, 0) is 13.0 Å². The van der Waals surface area contributed by atoms with E-state index in [-0.39, 0.29) is 0 Å². The van der Waals surface area contributed by atoms with Gasteiger partial charge in [0.1, 0.15) is 0 Å². The van der Waals surface area contributed by atoms with Crippen LogP contribution in [0.1, 0.15) is 11.1 Å². The first kappa shape index (κ1) is 23.4. The lowest BCUT2D eigenvalue weighted by atomic mass is 10.1. The van der Waals surface area contributed by atoms with E-state index in [4.69, 9.17) is 37.7 Å². The molecule has 1 heterocycles. The molecule has 33 heavy (non-hydrogen) atoms. The fraction of sp³-hybridized carbons (Fsp3) is 0.192. The standard InChI is InChI=1S/C26H24Cl2N2O2S/c1-17-6-4-5-7-22(17)29-26-30(13-12-18-8-11-24(31-2)25(14-18)32-3)23(16-33-26)19-9-10-20(27)21(28)15-19/h4-11,14-16H,12-13H2,1-3H3. The van der Waals surface area contributed by atoms with Crippen molar-refractivity contribution in [3.63, 3.8) is 0 Å².